The minimum Gasteiger partial charge on any atom is -0.451 e. The summed E-state index contributed by atoms with van der Waals surface area (Å²) in [4.78, 5) is 39.6. The van der Waals surface area contributed by atoms with E-state index in [9.17, 15) is 14.4 Å². The van der Waals surface area contributed by atoms with E-state index in [4.69, 9.17) is 16.3 Å². The molecular formula is C18H18ClN3O4. The fraction of sp³-hybridized carbons (Fsp3) is 0.222. The first-order chi connectivity index (χ1) is 12.3. The molecule has 7 nitrogen and oxygen atoms in total. The summed E-state index contributed by atoms with van der Waals surface area (Å²) in [6.45, 7) is 2.99. The lowest BCUT2D eigenvalue weighted by atomic mass is 10.1. The van der Waals surface area contributed by atoms with Crippen LogP contribution >= 0.6 is 11.6 Å². The van der Waals surface area contributed by atoms with E-state index in [1.54, 1.807) is 30.3 Å². The van der Waals surface area contributed by atoms with Crippen molar-refractivity contribution < 1.29 is 19.1 Å². The summed E-state index contributed by atoms with van der Waals surface area (Å²) in [5.74, 6) is -1.38. The van der Waals surface area contributed by atoms with Crippen molar-refractivity contribution in [3.05, 3.63) is 58.7 Å². The molecule has 2 N–H and O–H groups in total. The molecule has 0 radical (unpaired) electrons. The van der Waals surface area contributed by atoms with Crippen LogP contribution < -0.4 is 10.6 Å². The summed E-state index contributed by atoms with van der Waals surface area (Å²) in [6, 6.07) is 10.0. The van der Waals surface area contributed by atoms with Crippen molar-refractivity contribution in [3.63, 3.8) is 0 Å². The second-order valence-electron chi connectivity index (χ2n) is 5.53. The lowest BCUT2D eigenvalue weighted by molar-refractivity contribution is -0.152. The zero-order valence-electron chi connectivity index (χ0n) is 14.3. The molecule has 2 amide bonds. The molecule has 0 spiro atoms. The Hall–Kier alpha value is -2.93. The van der Waals surface area contributed by atoms with Crippen LogP contribution in [0.3, 0.4) is 0 Å². The van der Waals surface area contributed by atoms with Crippen LogP contribution in [0.4, 0.5) is 5.82 Å². The summed E-state index contributed by atoms with van der Waals surface area (Å²) in [5, 5.41) is 5.38. The summed E-state index contributed by atoms with van der Waals surface area (Å²) < 4.78 is 4.99. The first kappa shape index (κ1) is 19.4. The number of nitrogens with one attached hydrogen (secondary N) is 2. The molecule has 0 aliphatic rings. The van der Waals surface area contributed by atoms with Gasteiger partial charge in [-0.05, 0) is 38.1 Å². The van der Waals surface area contributed by atoms with E-state index in [-0.39, 0.29) is 12.4 Å². The van der Waals surface area contributed by atoms with E-state index < -0.39 is 23.9 Å². The van der Waals surface area contributed by atoms with Crippen LogP contribution in [0.15, 0.2) is 42.6 Å². The molecule has 1 heterocycles. The van der Waals surface area contributed by atoms with Gasteiger partial charge in [-0.1, -0.05) is 29.3 Å². The Morgan fingerprint density at radius 3 is 2.46 bits per heavy atom. The van der Waals surface area contributed by atoms with Crippen molar-refractivity contribution in [1.29, 1.82) is 0 Å². The molecule has 0 bridgehead atoms. The van der Waals surface area contributed by atoms with Crippen LogP contribution in [0.2, 0.25) is 5.02 Å². The monoisotopic (exact) mass is 375 g/mol. The molecule has 1 atom stereocenters. The van der Waals surface area contributed by atoms with Crippen molar-refractivity contribution in [2.45, 2.75) is 20.0 Å². The number of pyridine rings is 1. The molecule has 2 rings (SSSR count). The third kappa shape index (κ3) is 5.86. The van der Waals surface area contributed by atoms with E-state index in [1.165, 1.54) is 19.2 Å². The number of nitrogens with zero attached hydrogens (tertiary/aromatic N) is 1. The Labute approximate surface area is 155 Å². The van der Waals surface area contributed by atoms with Gasteiger partial charge in [0.05, 0.1) is 5.02 Å². The topological polar surface area (TPSA) is 97.4 Å². The number of aryl methyl sites for hydroxylation is 1. The van der Waals surface area contributed by atoms with E-state index in [0.29, 0.717) is 10.6 Å². The molecule has 1 aromatic carbocycles. The van der Waals surface area contributed by atoms with Crippen LogP contribution in [-0.4, -0.2) is 35.4 Å². The molecular weight excluding hydrogens is 358 g/mol. The number of carbonyl (C=O) groups is 3. The average Bonchev–Trinajstić information content (AvgIpc) is 2.62. The molecule has 0 aliphatic carbocycles. The van der Waals surface area contributed by atoms with Gasteiger partial charge in [0.1, 0.15) is 12.4 Å². The zero-order chi connectivity index (χ0) is 19.1. The standard InChI is InChI=1S/C18H18ClN3O4/c1-11-3-5-13(6-4-11)18(25)21-10-16(23)26-12(2)17(24)22-15-8-7-14(19)9-20-15/h3-9,12H,10H2,1-2H3,(H,21,25)(H,20,22,24)/t12-/m0/s1. The van der Waals surface area contributed by atoms with Gasteiger partial charge in [0, 0.05) is 11.8 Å². The molecule has 136 valence electrons. The van der Waals surface area contributed by atoms with Gasteiger partial charge in [0.25, 0.3) is 11.8 Å². The highest BCUT2D eigenvalue weighted by atomic mass is 35.5. The van der Waals surface area contributed by atoms with Gasteiger partial charge in [-0.15, -0.1) is 0 Å². The lowest BCUT2D eigenvalue weighted by Crippen LogP contribution is -2.36. The van der Waals surface area contributed by atoms with E-state index in [2.05, 4.69) is 15.6 Å². The maximum atomic E-state index is 12.0. The molecule has 26 heavy (non-hydrogen) atoms. The van der Waals surface area contributed by atoms with Crippen molar-refractivity contribution in [3.8, 4) is 0 Å². The Balaban J connectivity index is 1.79. The largest absolute Gasteiger partial charge is 0.451 e. The van der Waals surface area contributed by atoms with Crippen LogP contribution in [0.5, 0.6) is 0 Å². The Morgan fingerprint density at radius 2 is 1.85 bits per heavy atom. The van der Waals surface area contributed by atoms with Crippen LogP contribution in [0.1, 0.15) is 22.8 Å². The number of ether oxygens (including phenoxy) is 1. The molecule has 0 saturated heterocycles. The molecule has 0 aliphatic heterocycles. The molecule has 2 aromatic rings. The molecule has 8 heteroatoms. The van der Waals surface area contributed by atoms with Gasteiger partial charge >= 0.3 is 5.97 Å². The highest BCUT2D eigenvalue weighted by Crippen LogP contribution is 2.10. The van der Waals surface area contributed by atoms with Gasteiger partial charge < -0.3 is 15.4 Å². The van der Waals surface area contributed by atoms with Crippen molar-refractivity contribution in [2.75, 3.05) is 11.9 Å². The van der Waals surface area contributed by atoms with Crippen LogP contribution in [0, 0.1) is 6.92 Å². The predicted molar refractivity (Wildman–Crippen MR) is 96.9 cm³/mol. The minimum atomic E-state index is -1.05. The molecule has 0 saturated carbocycles. The number of anilines is 1. The Bertz CT molecular complexity index is 791. The number of aromatic nitrogens is 1. The smallest absolute Gasteiger partial charge is 0.326 e. The van der Waals surface area contributed by atoms with Gasteiger partial charge in [0.15, 0.2) is 6.10 Å². The number of benzene rings is 1. The number of esters is 1. The van der Waals surface area contributed by atoms with Crippen LogP contribution in [-0.2, 0) is 14.3 Å². The quantitative estimate of drug-likeness (QED) is 0.755. The average molecular weight is 376 g/mol. The number of rotatable bonds is 6. The predicted octanol–water partition coefficient (Wildman–Crippen LogP) is 2.34. The van der Waals surface area contributed by atoms with Gasteiger partial charge in [-0.2, -0.15) is 0 Å². The number of hydrogen-bond donors (Lipinski definition) is 2. The molecule has 0 unspecified atom stereocenters. The summed E-state index contributed by atoms with van der Waals surface area (Å²) >= 11 is 5.71. The minimum absolute atomic E-state index is 0.287. The Morgan fingerprint density at radius 1 is 1.15 bits per heavy atom. The summed E-state index contributed by atoms with van der Waals surface area (Å²) in [7, 11) is 0. The highest BCUT2D eigenvalue weighted by Gasteiger charge is 2.19. The van der Waals surface area contributed by atoms with Gasteiger partial charge in [-0.25, -0.2) is 4.98 Å². The van der Waals surface area contributed by atoms with Gasteiger partial charge in [-0.3, -0.25) is 14.4 Å². The number of carbonyl (C=O) groups excluding carboxylic acids is 3. The first-order valence-electron chi connectivity index (χ1n) is 7.82. The van der Waals surface area contributed by atoms with E-state index in [0.717, 1.165) is 5.56 Å². The SMILES string of the molecule is Cc1ccc(C(=O)NCC(=O)O[C@@H](C)C(=O)Nc2ccc(Cl)cn2)cc1. The first-order valence-corrected chi connectivity index (χ1v) is 8.19. The van der Waals surface area contributed by atoms with E-state index in [1.807, 2.05) is 6.92 Å². The third-order valence-corrected chi connectivity index (χ3v) is 3.59. The maximum absolute atomic E-state index is 12.0. The number of halogens is 1. The van der Waals surface area contributed by atoms with Crippen molar-refractivity contribution in [1.82, 2.24) is 10.3 Å². The third-order valence-electron chi connectivity index (χ3n) is 3.36. The summed E-state index contributed by atoms with van der Waals surface area (Å²) in [5.41, 5.74) is 1.46. The van der Waals surface area contributed by atoms with E-state index >= 15 is 0 Å². The lowest BCUT2D eigenvalue weighted by Gasteiger charge is -2.13. The van der Waals surface area contributed by atoms with Crippen molar-refractivity contribution >= 4 is 35.2 Å². The maximum Gasteiger partial charge on any atom is 0.326 e. The number of hydrogen-bond acceptors (Lipinski definition) is 5. The fourth-order valence-corrected chi connectivity index (χ4v) is 2.04. The number of amides is 2. The molecule has 0 fully saturated rings. The zero-order valence-corrected chi connectivity index (χ0v) is 15.0. The van der Waals surface area contributed by atoms with Gasteiger partial charge in [0.2, 0.25) is 0 Å². The highest BCUT2D eigenvalue weighted by molar-refractivity contribution is 6.30. The van der Waals surface area contributed by atoms with Crippen LogP contribution in [0.25, 0.3) is 0 Å². The Kier molecular flexibility index (Phi) is 6.68. The van der Waals surface area contributed by atoms with Crippen molar-refractivity contribution in [2.24, 2.45) is 0 Å². The fourth-order valence-electron chi connectivity index (χ4n) is 1.93. The normalized spacial score (nSPS) is 11.3. The second-order valence-corrected chi connectivity index (χ2v) is 5.97. The summed E-state index contributed by atoms with van der Waals surface area (Å²) in [6.07, 6.45) is 0.338. The molecule has 1 aromatic heterocycles. The second kappa shape index (κ2) is 8.96.